The van der Waals surface area contributed by atoms with Crippen molar-refractivity contribution in [2.75, 3.05) is 0 Å². The molecule has 1 aromatic rings. The van der Waals surface area contributed by atoms with Crippen LogP contribution < -0.4 is 0 Å². The van der Waals surface area contributed by atoms with Gasteiger partial charge in [0.05, 0.1) is 6.20 Å². The highest BCUT2D eigenvalue weighted by Gasteiger charge is 2.16. The van der Waals surface area contributed by atoms with E-state index in [1.807, 2.05) is 20.0 Å². The number of hydrogen-bond acceptors (Lipinski definition) is 1. The quantitative estimate of drug-likeness (QED) is 0.630. The molecule has 1 atom stereocenters. The molecule has 68 valence electrons. The van der Waals surface area contributed by atoms with Gasteiger partial charge in [-0.25, -0.2) is 0 Å². The van der Waals surface area contributed by atoms with Crippen molar-refractivity contribution in [3.63, 3.8) is 0 Å². The molecule has 0 saturated heterocycles. The molecule has 1 N–H and O–H groups in total. The van der Waals surface area contributed by atoms with E-state index in [1.54, 1.807) is 0 Å². The molecular weight excluding hydrogens is 148 g/mol. The highest BCUT2D eigenvalue weighted by atomic mass is 15.1. The van der Waals surface area contributed by atoms with Crippen LogP contribution in [0.5, 0.6) is 0 Å². The Kier molecular flexibility index (Phi) is 3.32. The summed E-state index contributed by atoms with van der Waals surface area (Å²) >= 11 is 0. The largest absolute Gasteiger partial charge is 0.282 e. The number of rotatable bonds is 0. The minimum absolute atomic E-state index is 0.700. The molecule has 1 aromatic heterocycles. The van der Waals surface area contributed by atoms with Crippen molar-refractivity contribution >= 4 is 0 Å². The fourth-order valence-electron chi connectivity index (χ4n) is 1.69. The van der Waals surface area contributed by atoms with E-state index in [4.69, 9.17) is 0 Å². The lowest BCUT2D eigenvalue weighted by Crippen LogP contribution is -2.04. The lowest BCUT2D eigenvalue weighted by atomic mass is 9.90. The zero-order valence-electron chi connectivity index (χ0n) is 8.22. The van der Waals surface area contributed by atoms with Crippen LogP contribution in [0.15, 0.2) is 6.20 Å². The summed E-state index contributed by atoms with van der Waals surface area (Å²) in [4.78, 5) is 0. The van der Waals surface area contributed by atoms with Gasteiger partial charge < -0.3 is 0 Å². The monoisotopic (exact) mass is 166 g/mol. The molecule has 0 spiro atoms. The van der Waals surface area contributed by atoms with E-state index in [0.717, 1.165) is 0 Å². The number of aromatic nitrogens is 2. The highest BCUT2D eigenvalue weighted by molar-refractivity contribution is 5.22. The van der Waals surface area contributed by atoms with Crippen molar-refractivity contribution in [1.82, 2.24) is 10.2 Å². The first-order valence-electron chi connectivity index (χ1n) is 4.90. The molecule has 1 unspecified atom stereocenters. The van der Waals surface area contributed by atoms with Gasteiger partial charge in [-0.3, -0.25) is 5.10 Å². The van der Waals surface area contributed by atoms with E-state index >= 15 is 0 Å². The van der Waals surface area contributed by atoms with Crippen LogP contribution in [0.4, 0.5) is 0 Å². The Hall–Kier alpha value is -0.790. The maximum Gasteiger partial charge on any atom is 0.0522 e. The number of H-pyrrole nitrogens is 1. The summed E-state index contributed by atoms with van der Waals surface area (Å²) in [6, 6.07) is 0. The number of aromatic amines is 1. The summed E-state index contributed by atoms with van der Waals surface area (Å²) in [6.45, 7) is 6.26. The molecule has 1 aliphatic rings. The maximum absolute atomic E-state index is 4.03. The van der Waals surface area contributed by atoms with Crippen molar-refractivity contribution in [3.05, 3.63) is 17.5 Å². The first-order chi connectivity index (χ1) is 5.88. The summed E-state index contributed by atoms with van der Waals surface area (Å²) in [7, 11) is 0. The Morgan fingerprint density at radius 2 is 2.25 bits per heavy atom. The van der Waals surface area contributed by atoms with Gasteiger partial charge in [0.2, 0.25) is 0 Å². The normalized spacial score (nSPS) is 20.8. The van der Waals surface area contributed by atoms with Gasteiger partial charge in [0.15, 0.2) is 0 Å². The second-order valence-corrected chi connectivity index (χ2v) is 3.10. The summed E-state index contributed by atoms with van der Waals surface area (Å²) in [5, 5.41) is 7.09. The van der Waals surface area contributed by atoms with Crippen LogP contribution in [0.3, 0.4) is 0 Å². The lowest BCUT2D eigenvalue weighted by molar-refractivity contribution is 0.578. The Morgan fingerprint density at radius 1 is 1.50 bits per heavy atom. The summed E-state index contributed by atoms with van der Waals surface area (Å²) < 4.78 is 0. The van der Waals surface area contributed by atoms with E-state index < -0.39 is 0 Å². The Labute approximate surface area is 74.4 Å². The third-order valence-corrected chi connectivity index (χ3v) is 2.33. The number of hydrogen-bond donors (Lipinski definition) is 1. The summed E-state index contributed by atoms with van der Waals surface area (Å²) in [6.07, 6.45) is 5.82. The third-order valence-electron chi connectivity index (χ3n) is 2.33. The van der Waals surface area contributed by atoms with Gasteiger partial charge in [-0.15, -0.1) is 0 Å². The molecule has 2 nitrogen and oxygen atoms in total. The molecular formula is C10H18N2. The van der Waals surface area contributed by atoms with Crippen LogP contribution in [-0.2, 0) is 6.42 Å². The summed E-state index contributed by atoms with van der Waals surface area (Å²) in [5.74, 6) is 0.700. The van der Waals surface area contributed by atoms with Gasteiger partial charge in [0, 0.05) is 5.69 Å². The van der Waals surface area contributed by atoms with Crippen molar-refractivity contribution in [2.24, 2.45) is 0 Å². The number of fused-ring (bicyclic) bond motifs is 1. The number of nitrogens with zero attached hydrogens (tertiary/aromatic N) is 1. The van der Waals surface area contributed by atoms with Gasteiger partial charge in [-0.2, -0.15) is 5.10 Å². The molecule has 2 heteroatoms. The third kappa shape index (κ3) is 1.68. The molecule has 1 aliphatic carbocycles. The maximum atomic E-state index is 4.03. The van der Waals surface area contributed by atoms with Crippen molar-refractivity contribution in [2.45, 2.75) is 46.0 Å². The Morgan fingerprint density at radius 3 is 2.92 bits per heavy atom. The van der Waals surface area contributed by atoms with Gasteiger partial charge in [0.1, 0.15) is 0 Å². The molecule has 0 fully saturated rings. The zero-order valence-corrected chi connectivity index (χ0v) is 8.22. The second-order valence-electron chi connectivity index (χ2n) is 3.10. The number of nitrogens with one attached hydrogen (secondary N) is 1. The van der Waals surface area contributed by atoms with Crippen molar-refractivity contribution < 1.29 is 0 Å². The molecule has 2 rings (SSSR count). The van der Waals surface area contributed by atoms with Crippen LogP contribution in [0.25, 0.3) is 0 Å². The predicted molar refractivity (Wildman–Crippen MR) is 51.3 cm³/mol. The Bertz CT molecular complexity index is 227. The predicted octanol–water partition coefficient (Wildman–Crippen LogP) is 2.88. The van der Waals surface area contributed by atoms with Gasteiger partial charge in [0.25, 0.3) is 0 Å². The smallest absolute Gasteiger partial charge is 0.0522 e. The minimum atomic E-state index is 0.700. The van der Waals surface area contributed by atoms with E-state index in [0.29, 0.717) is 5.92 Å². The van der Waals surface area contributed by atoms with Crippen LogP contribution in [0.1, 0.15) is 50.8 Å². The average molecular weight is 166 g/mol. The SMILES string of the molecule is CC.CC1CCCc2cn[nH]c21. The zero-order chi connectivity index (χ0) is 8.97. The van der Waals surface area contributed by atoms with Gasteiger partial charge >= 0.3 is 0 Å². The minimum Gasteiger partial charge on any atom is -0.282 e. The van der Waals surface area contributed by atoms with Gasteiger partial charge in [-0.05, 0) is 30.7 Å². The van der Waals surface area contributed by atoms with E-state index in [1.165, 1.54) is 30.5 Å². The van der Waals surface area contributed by atoms with Crippen molar-refractivity contribution in [1.29, 1.82) is 0 Å². The molecule has 0 radical (unpaired) electrons. The molecule has 0 aliphatic heterocycles. The first kappa shape index (κ1) is 9.30. The molecule has 0 bridgehead atoms. The molecule has 0 aromatic carbocycles. The molecule has 0 amide bonds. The fourth-order valence-corrected chi connectivity index (χ4v) is 1.69. The van der Waals surface area contributed by atoms with E-state index in [9.17, 15) is 0 Å². The van der Waals surface area contributed by atoms with Gasteiger partial charge in [-0.1, -0.05) is 20.8 Å². The van der Waals surface area contributed by atoms with Crippen molar-refractivity contribution in [3.8, 4) is 0 Å². The molecule has 12 heavy (non-hydrogen) atoms. The Balaban J connectivity index is 0.000000336. The number of aryl methyl sites for hydroxylation is 1. The van der Waals surface area contributed by atoms with Crippen LogP contribution in [0, 0.1) is 0 Å². The van der Waals surface area contributed by atoms with E-state index in [2.05, 4.69) is 17.1 Å². The van der Waals surface area contributed by atoms with Crippen LogP contribution in [0.2, 0.25) is 0 Å². The second kappa shape index (κ2) is 4.29. The van der Waals surface area contributed by atoms with E-state index in [-0.39, 0.29) is 0 Å². The standard InChI is InChI=1S/C8H12N2.C2H6/c1-6-3-2-4-7-5-9-10-8(6)7;1-2/h5-6H,2-4H2,1H3,(H,9,10);1-2H3. The first-order valence-corrected chi connectivity index (χ1v) is 4.90. The average Bonchev–Trinajstić information content (AvgIpc) is 2.57. The lowest BCUT2D eigenvalue weighted by Gasteiger charge is -2.16. The summed E-state index contributed by atoms with van der Waals surface area (Å²) in [5.41, 5.74) is 2.80. The van der Waals surface area contributed by atoms with Crippen LogP contribution in [-0.4, -0.2) is 10.2 Å². The van der Waals surface area contributed by atoms with Crippen LogP contribution >= 0.6 is 0 Å². The molecule has 0 saturated carbocycles. The molecule has 1 heterocycles. The topological polar surface area (TPSA) is 28.7 Å². The fraction of sp³-hybridized carbons (Fsp3) is 0.700. The highest BCUT2D eigenvalue weighted by Crippen LogP contribution is 2.28.